The summed E-state index contributed by atoms with van der Waals surface area (Å²) in [7, 11) is 0. The van der Waals surface area contributed by atoms with E-state index in [0.29, 0.717) is 11.3 Å². The fourth-order valence-electron chi connectivity index (χ4n) is 2.93. The van der Waals surface area contributed by atoms with Crippen molar-refractivity contribution in [1.29, 1.82) is 0 Å². The Bertz CT molecular complexity index is 936. The van der Waals surface area contributed by atoms with Crippen molar-refractivity contribution in [3.63, 3.8) is 0 Å². The fraction of sp³-hybridized carbons (Fsp3) is 0.250. The standard InChI is InChI=1S/C20H22N4O3S/c1-2-24-16(10-11-22-24)17-8-9-18(28-17)19(25)23-15(13-21-20(26)27)12-14-6-4-3-5-7-14/h3-11,15,21H,2,12-13H2,1H3,(H,23,25)(H,26,27). The summed E-state index contributed by atoms with van der Waals surface area (Å²) in [6.45, 7) is 2.90. The van der Waals surface area contributed by atoms with E-state index in [-0.39, 0.29) is 18.5 Å². The Hall–Kier alpha value is -3.13. The molecule has 28 heavy (non-hydrogen) atoms. The van der Waals surface area contributed by atoms with Crippen LogP contribution in [0.2, 0.25) is 0 Å². The van der Waals surface area contributed by atoms with Gasteiger partial charge in [-0.1, -0.05) is 30.3 Å². The molecule has 2 aromatic heterocycles. The molecule has 0 bridgehead atoms. The molecule has 3 rings (SSSR count). The molecule has 2 heterocycles. The SMILES string of the molecule is CCn1nccc1-c1ccc(C(=O)NC(CNC(=O)O)Cc2ccccc2)s1. The minimum absolute atomic E-state index is 0.136. The lowest BCUT2D eigenvalue weighted by Gasteiger charge is -2.18. The first-order valence-electron chi connectivity index (χ1n) is 9.00. The van der Waals surface area contributed by atoms with Gasteiger partial charge in [0, 0.05) is 19.3 Å². The van der Waals surface area contributed by atoms with Gasteiger partial charge < -0.3 is 15.7 Å². The van der Waals surface area contributed by atoms with Crippen LogP contribution in [0.3, 0.4) is 0 Å². The van der Waals surface area contributed by atoms with Gasteiger partial charge in [0.2, 0.25) is 0 Å². The largest absolute Gasteiger partial charge is 0.465 e. The molecule has 2 amide bonds. The third kappa shape index (κ3) is 4.98. The second-order valence-corrected chi connectivity index (χ2v) is 7.33. The van der Waals surface area contributed by atoms with Gasteiger partial charge in [0.15, 0.2) is 0 Å². The third-order valence-electron chi connectivity index (χ3n) is 4.26. The zero-order valence-corrected chi connectivity index (χ0v) is 16.3. The van der Waals surface area contributed by atoms with Crippen LogP contribution in [0.5, 0.6) is 0 Å². The first-order chi connectivity index (χ1) is 13.6. The van der Waals surface area contributed by atoms with Crippen molar-refractivity contribution in [3.05, 3.63) is 65.2 Å². The van der Waals surface area contributed by atoms with Gasteiger partial charge >= 0.3 is 6.09 Å². The number of amides is 2. The van der Waals surface area contributed by atoms with Crippen LogP contribution in [-0.2, 0) is 13.0 Å². The van der Waals surface area contributed by atoms with Crippen molar-refractivity contribution in [1.82, 2.24) is 20.4 Å². The quantitative estimate of drug-likeness (QED) is 0.543. The number of benzene rings is 1. The molecule has 0 aliphatic carbocycles. The molecule has 7 nitrogen and oxygen atoms in total. The average Bonchev–Trinajstić information content (AvgIpc) is 3.35. The predicted octanol–water partition coefficient (Wildman–Crippen LogP) is 3.24. The predicted molar refractivity (Wildman–Crippen MR) is 109 cm³/mol. The van der Waals surface area contributed by atoms with E-state index in [9.17, 15) is 9.59 Å². The molecule has 0 saturated heterocycles. The average molecular weight is 398 g/mol. The van der Waals surface area contributed by atoms with Crippen LogP contribution in [0.4, 0.5) is 4.79 Å². The number of thiophene rings is 1. The molecule has 0 spiro atoms. The highest BCUT2D eigenvalue weighted by atomic mass is 32.1. The van der Waals surface area contributed by atoms with Crippen molar-refractivity contribution >= 4 is 23.3 Å². The Morgan fingerprint density at radius 1 is 1.18 bits per heavy atom. The van der Waals surface area contributed by atoms with Gasteiger partial charge in [-0.15, -0.1) is 11.3 Å². The van der Waals surface area contributed by atoms with Crippen molar-refractivity contribution in [2.24, 2.45) is 0 Å². The summed E-state index contributed by atoms with van der Waals surface area (Å²) in [5, 5.41) is 18.5. The van der Waals surface area contributed by atoms with Crippen LogP contribution in [0.15, 0.2) is 54.7 Å². The van der Waals surface area contributed by atoms with E-state index in [4.69, 9.17) is 5.11 Å². The van der Waals surface area contributed by atoms with E-state index >= 15 is 0 Å². The second-order valence-electron chi connectivity index (χ2n) is 6.24. The monoisotopic (exact) mass is 398 g/mol. The number of carboxylic acid groups (broad SMARTS) is 1. The highest BCUT2D eigenvalue weighted by Crippen LogP contribution is 2.28. The molecule has 8 heteroatoms. The maximum atomic E-state index is 12.7. The summed E-state index contributed by atoms with van der Waals surface area (Å²) in [5.74, 6) is -0.216. The van der Waals surface area contributed by atoms with E-state index in [1.54, 1.807) is 12.3 Å². The summed E-state index contributed by atoms with van der Waals surface area (Å²) in [5.41, 5.74) is 2.00. The molecule has 3 N–H and O–H groups in total. The molecular weight excluding hydrogens is 376 g/mol. The molecule has 146 valence electrons. The van der Waals surface area contributed by atoms with Crippen LogP contribution in [-0.4, -0.2) is 39.5 Å². The zero-order chi connectivity index (χ0) is 19.9. The highest BCUT2D eigenvalue weighted by molar-refractivity contribution is 7.17. The summed E-state index contributed by atoms with van der Waals surface area (Å²) < 4.78 is 1.88. The minimum Gasteiger partial charge on any atom is -0.465 e. The Labute approximate surface area is 167 Å². The number of carbonyl (C=O) groups is 2. The molecular formula is C20H22N4O3S. The molecule has 0 radical (unpaired) electrons. The number of carbonyl (C=O) groups excluding carboxylic acids is 1. The van der Waals surface area contributed by atoms with Gasteiger partial charge in [0.05, 0.1) is 21.5 Å². The summed E-state index contributed by atoms with van der Waals surface area (Å²) in [4.78, 5) is 25.1. The van der Waals surface area contributed by atoms with E-state index in [1.807, 2.05) is 54.1 Å². The number of aryl methyl sites for hydroxylation is 1. The summed E-state index contributed by atoms with van der Waals surface area (Å²) >= 11 is 1.39. The number of aromatic nitrogens is 2. The maximum absolute atomic E-state index is 12.7. The highest BCUT2D eigenvalue weighted by Gasteiger charge is 2.18. The number of nitrogens with one attached hydrogen (secondary N) is 2. The van der Waals surface area contributed by atoms with Gasteiger partial charge in [-0.3, -0.25) is 9.48 Å². The molecule has 3 aromatic rings. The van der Waals surface area contributed by atoms with Gasteiger partial charge in [-0.05, 0) is 37.1 Å². The zero-order valence-electron chi connectivity index (χ0n) is 15.5. The molecule has 0 saturated carbocycles. The van der Waals surface area contributed by atoms with Crippen molar-refractivity contribution in [2.75, 3.05) is 6.54 Å². The lowest BCUT2D eigenvalue weighted by molar-refractivity contribution is 0.0939. The first-order valence-corrected chi connectivity index (χ1v) is 9.82. The van der Waals surface area contributed by atoms with Crippen LogP contribution in [0, 0.1) is 0 Å². The molecule has 0 aliphatic heterocycles. The summed E-state index contributed by atoms with van der Waals surface area (Å²) in [6.07, 6.45) is 1.16. The first kappa shape index (κ1) is 19.6. The Balaban J connectivity index is 1.71. The number of rotatable bonds is 8. The molecule has 0 aliphatic rings. The maximum Gasteiger partial charge on any atom is 0.404 e. The Morgan fingerprint density at radius 2 is 1.96 bits per heavy atom. The summed E-state index contributed by atoms with van der Waals surface area (Å²) in [6, 6.07) is 14.9. The molecule has 1 unspecified atom stereocenters. The van der Waals surface area contributed by atoms with Crippen LogP contribution in [0.25, 0.3) is 10.6 Å². The number of hydrogen-bond acceptors (Lipinski definition) is 4. The van der Waals surface area contributed by atoms with Crippen LogP contribution in [0.1, 0.15) is 22.2 Å². The van der Waals surface area contributed by atoms with E-state index < -0.39 is 6.09 Å². The smallest absolute Gasteiger partial charge is 0.404 e. The van der Waals surface area contributed by atoms with Crippen molar-refractivity contribution in [3.8, 4) is 10.6 Å². The Kier molecular flexibility index (Phi) is 6.44. The molecule has 0 fully saturated rings. The number of hydrogen-bond donors (Lipinski definition) is 3. The second kappa shape index (κ2) is 9.18. The van der Waals surface area contributed by atoms with Gasteiger partial charge in [-0.25, -0.2) is 4.79 Å². The van der Waals surface area contributed by atoms with Gasteiger partial charge in [0.25, 0.3) is 5.91 Å². The normalized spacial score (nSPS) is 11.8. The Morgan fingerprint density at radius 3 is 2.68 bits per heavy atom. The van der Waals surface area contributed by atoms with E-state index in [1.165, 1.54) is 11.3 Å². The van der Waals surface area contributed by atoms with Gasteiger partial charge in [0.1, 0.15) is 0 Å². The lowest BCUT2D eigenvalue weighted by atomic mass is 10.1. The topological polar surface area (TPSA) is 96.3 Å². The molecule has 1 aromatic carbocycles. The van der Waals surface area contributed by atoms with Gasteiger partial charge in [-0.2, -0.15) is 5.10 Å². The van der Waals surface area contributed by atoms with E-state index in [0.717, 1.165) is 22.7 Å². The third-order valence-corrected chi connectivity index (χ3v) is 5.36. The van der Waals surface area contributed by atoms with Crippen molar-refractivity contribution < 1.29 is 14.7 Å². The minimum atomic E-state index is -1.11. The van der Waals surface area contributed by atoms with Crippen LogP contribution < -0.4 is 10.6 Å². The fourth-order valence-corrected chi connectivity index (χ4v) is 3.87. The van der Waals surface area contributed by atoms with E-state index in [2.05, 4.69) is 15.7 Å². The van der Waals surface area contributed by atoms with Crippen LogP contribution >= 0.6 is 11.3 Å². The van der Waals surface area contributed by atoms with Crippen molar-refractivity contribution in [2.45, 2.75) is 25.9 Å². The lowest BCUT2D eigenvalue weighted by Crippen LogP contribution is -2.44. The molecule has 1 atom stereocenters. The number of nitrogens with zero attached hydrogens (tertiary/aromatic N) is 2.